The number of hydrogen-bond donors (Lipinski definition) is 2. The number of nitrogens with zero attached hydrogens (tertiary/aromatic N) is 2. The second kappa shape index (κ2) is 5.69. The zero-order chi connectivity index (χ0) is 14.7. The van der Waals surface area contributed by atoms with Crippen molar-refractivity contribution in [3.63, 3.8) is 0 Å². The van der Waals surface area contributed by atoms with Crippen LogP contribution in [0.3, 0.4) is 0 Å². The van der Waals surface area contributed by atoms with E-state index in [1.807, 2.05) is 45.0 Å². The topological polar surface area (TPSA) is 75.1 Å². The van der Waals surface area contributed by atoms with Crippen LogP contribution in [-0.4, -0.2) is 27.1 Å². The quantitative estimate of drug-likeness (QED) is 0.894. The van der Waals surface area contributed by atoms with E-state index in [9.17, 15) is 4.79 Å². The Hall–Kier alpha value is -2.43. The third kappa shape index (κ3) is 3.32. The van der Waals surface area contributed by atoms with Crippen LogP contribution in [0.1, 0.15) is 29.9 Å². The molecule has 1 aromatic carbocycles. The monoisotopic (exact) mass is 271 g/mol. The lowest BCUT2D eigenvalue weighted by Crippen LogP contribution is -2.13. The minimum atomic E-state index is -1.06. The van der Waals surface area contributed by atoms with E-state index in [1.54, 1.807) is 0 Å². The van der Waals surface area contributed by atoms with E-state index in [2.05, 4.69) is 15.3 Å². The summed E-state index contributed by atoms with van der Waals surface area (Å²) in [7, 11) is 0. The Morgan fingerprint density at radius 1 is 1.20 bits per heavy atom. The molecule has 0 radical (unpaired) electrons. The van der Waals surface area contributed by atoms with Crippen molar-refractivity contribution < 1.29 is 9.90 Å². The van der Waals surface area contributed by atoms with E-state index in [0.29, 0.717) is 11.6 Å². The number of aryl methyl sites for hydroxylation is 1. The van der Waals surface area contributed by atoms with Gasteiger partial charge in [-0.25, -0.2) is 14.8 Å². The lowest BCUT2D eigenvalue weighted by atomic mass is 10.1. The van der Waals surface area contributed by atoms with Crippen molar-refractivity contribution in [1.29, 1.82) is 0 Å². The highest BCUT2D eigenvalue weighted by Gasteiger charge is 2.12. The molecular formula is C15H17N3O2. The summed E-state index contributed by atoms with van der Waals surface area (Å²) in [5, 5.41) is 12.2. The molecule has 0 atom stereocenters. The van der Waals surface area contributed by atoms with Gasteiger partial charge in [0.25, 0.3) is 0 Å². The van der Waals surface area contributed by atoms with Gasteiger partial charge >= 0.3 is 5.97 Å². The number of nitrogens with one attached hydrogen (secondary N) is 1. The van der Waals surface area contributed by atoms with Crippen molar-refractivity contribution in [2.75, 3.05) is 5.32 Å². The largest absolute Gasteiger partial charge is 0.477 e. The number of anilines is 1. The number of carboxylic acids is 1. The van der Waals surface area contributed by atoms with Gasteiger partial charge in [-0.15, -0.1) is 0 Å². The fraction of sp³-hybridized carbons (Fsp3) is 0.267. The number of carbonyl (C=O) groups is 1. The highest BCUT2D eigenvalue weighted by molar-refractivity contribution is 5.87. The van der Waals surface area contributed by atoms with Crippen LogP contribution in [0.2, 0.25) is 0 Å². The minimum Gasteiger partial charge on any atom is -0.477 e. The molecular weight excluding hydrogens is 254 g/mol. The Labute approximate surface area is 117 Å². The van der Waals surface area contributed by atoms with Gasteiger partial charge in [-0.3, -0.25) is 0 Å². The van der Waals surface area contributed by atoms with Gasteiger partial charge in [0, 0.05) is 17.7 Å². The zero-order valence-corrected chi connectivity index (χ0v) is 11.7. The summed E-state index contributed by atoms with van der Waals surface area (Å²) in [4.78, 5) is 19.6. The summed E-state index contributed by atoms with van der Waals surface area (Å²) in [6.07, 6.45) is 0. The third-order valence-electron chi connectivity index (χ3n) is 2.69. The number of benzene rings is 1. The maximum absolute atomic E-state index is 11.2. The Bertz CT molecular complexity index is 622. The first-order chi connectivity index (χ1) is 9.45. The van der Waals surface area contributed by atoms with E-state index in [4.69, 9.17) is 5.11 Å². The van der Waals surface area contributed by atoms with Crippen LogP contribution in [0.15, 0.2) is 30.3 Å². The van der Waals surface area contributed by atoms with E-state index in [-0.39, 0.29) is 11.7 Å². The van der Waals surface area contributed by atoms with Gasteiger partial charge < -0.3 is 10.4 Å². The molecule has 0 amide bonds. The Morgan fingerprint density at radius 2 is 1.85 bits per heavy atom. The minimum absolute atomic E-state index is 0.0151. The van der Waals surface area contributed by atoms with Crippen LogP contribution in [0.5, 0.6) is 0 Å². The van der Waals surface area contributed by atoms with Gasteiger partial charge in [0.15, 0.2) is 11.5 Å². The molecule has 1 aromatic heterocycles. The molecule has 5 heteroatoms. The number of aromatic nitrogens is 2. The molecule has 104 valence electrons. The van der Waals surface area contributed by atoms with E-state index < -0.39 is 5.97 Å². The van der Waals surface area contributed by atoms with Crippen LogP contribution in [0.4, 0.5) is 5.82 Å². The van der Waals surface area contributed by atoms with Crippen molar-refractivity contribution in [3.8, 4) is 11.4 Å². The van der Waals surface area contributed by atoms with E-state index in [0.717, 1.165) is 11.1 Å². The van der Waals surface area contributed by atoms with Crippen LogP contribution in [-0.2, 0) is 0 Å². The summed E-state index contributed by atoms with van der Waals surface area (Å²) in [6, 6.07) is 9.27. The fourth-order valence-corrected chi connectivity index (χ4v) is 1.76. The van der Waals surface area contributed by atoms with Crippen molar-refractivity contribution >= 4 is 11.8 Å². The predicted octanol–water partition coefficient (Wildman–Crippen LogP) is 2.97. The van der Waals surface area contributed by atoms with Gasteiger partial charge in [0.05, 0.1) is 0 Å². The van der Waals surface area contributed by atoms with Crippen LogP contribution < -0.4 is 5.32 Å². The zero-order valence-electron chi connectivity index (χ0n) is 11.7. The molecule has 2 aromatic rings. The lowest BCUT2D eigenvalue weighted by molar-refractivity contribution is 0.0690. The molecule has 20 heavy (non-hydrogen) atoms. The van der Waals surface area contributed by atoms with Crippen molar-refractivity contribution in [2.45, 2.75) is 26.8 Å². The second-order valence-electron chi connectivity index (χ2n) is 4.93. The molecule has 0 saturated heterocycles. The molecule has 5 nitrogen and oxygen atoms in total. The predicted molar refractivity (Wildman–Crippen MR) is 77.9 cm³/mol. The third-order valence-corrected chi connectivity index (χ3v) is 2.69. The SMILES string of the molecule is Cc1ccc(-c2nc(NC(C)C)cc(C(=O)O)n2)cc1. The van der Waals surface area contributed by atoms with Crippen molar-refractivity contribution in [2.24, 2.45) is 0 Å². The molecule has 0 aliphatic rings. The van der Waals surface area contributed by atoms with Crippen LogP contribution in [0.25, 0.3) is 11.4 Å². The highest BCUT2D eigenvalue weighted by atomic mass is 16.4. The molecule has 0 bridgehead atoms. The highest BCUT2D eigenvalue weighted by Crippen LogP contribution is 2.19. The summed E-state index contributed by atoms with van der Waals surface area (Å²) in [6.45, 7) is 5.92. The van der Waals surface area contributed by atoms with Gasteiger partial charge in [-0.05, 0) is 20.8 Å². The van der Waals surface area contributed by atoms with E-state index in [1.165, 1.54) is 6.07 Å². The van der Waals surface area contributed by atoms with E-state index >= 15 is 0 Å². The summed E-state index contributed by atoms with van der Waals surface area (Å²) in [5.74, 6) is -0.136. The average Bonchev–Trinajstić information content (AvgIpc) is 2.38. The molecule has 0 fully saturated rings. The molecule has 0 aliphatic heterocycles. The first-order valence-electron chi connectivity index (χ1n) is 6.41. The molecule has 0 saturated carbocycles. The lowest BCUT2D eigenvalue weighted by Gasteiger charge is -2.11. The Balaban J connectivity index is 2.48. The van der Waals surface area contributed by atoms with Gasteiger partial charge in [0.2, 0.25) is 0 Å². The van der Waals surface area contributed by atoms with Gasteiger partial charge in [-0.1, -0.05) is 29.8 Å². The number of rotatable bonds is 4. The summed E-state index contributed by atoms with van der Waals surface area (Å²) < 4.78 is 0. The van der Waals surface area contributed by atoms with Crippen LogP contribution in [0, 0.1) is 6.92 Å². The number of hydrogen-bond acceptors (Lipinski definition) is 4. The van der Waals surface area contributed by atoms with Gasteiger partial charge in [-0.2, -0.15) is 0 Å². The normalized spacial score (nSPS) is 10.6. The first-order valence-corrected chi connectivity index (χ1v) is 6.41. The molecule has 2 N–H and O–H groups in total. The molecule has 0 unspecified atom stereocenters. The van der Waals surface area contributed by atoms with Crippen LogP contribution >= 0.6 is 0 Å². The average molecular weight is 271 g/mol. The molecule has 0 spiro atoms. The standard InChI is InChI=1S/C15H17N3O2/c1-9(2)16-13-8-12(15(19)20)17-14(18-13)11-6-4-10(3)5-7-11/h4-9H,1-3H3,(H,19,20)(H,16,17,18). The Morgan fingerprint density at radius 3 is 2.40 bits per heavy atom. The summed E-state index contributed by atoms with van der Waals surface area (Å²) in [5.41, 5.74) is 1.91. The maximum Gasteiger partial charge on any atom is 0.354 e. The molecule has 0 aliphatic carbocycles. The van der Waals surface area contributed by atoms with Gasteiger partial charge in [0.1, 0.15) is 5.82 Å². The van der Waals surface area contributed by atoms with Crippen molar-refractivity contribution in [3.05, 3.63) is 41.6 Å². The fourth-order valence-electron chi connectivity index (χ4n) is 1.76. The smallest absolute Gasteiger partial charge is 0.354 e. The number of aromatic carboxylic acids is 1. The van der Waals surface area contributed by atoms with Crippen molar-refractivity contribution in [1.82, 2.24) is 9.97 Å². The molecule has 1 heterocycles. The molecule has 2 rings (SSSR count). The summed E-state index contributed by atoms with van der Waals surface area (Å²) >= 11 is 0. The number of carboxylic acid groups (broad SMARTS) is 1. The Kier molecular flexibility index (Phi) is 3.98. The first kappa shape index (κ1) is 14.0. The maximum atomic E-state index is 11.2. The second-order valence-corrected chi connectivity index (χ2v) is 4.93.